The van der Waals surface area contributed by atoms with Crippen LogP contribution in [0, 0.1) is 0 Å². The minimum atomic E-state index is -3.09. The number of dihydropyridines is 1. The molecule has 8 nitrogen and oxygen atoms in total. The standard InChI is InChI=1S/C36H39F2N3O5/c1-24-30(34(42)44-3)32(28-16-10-11-17-29(28)46-36(37)38)31(25(2)39-24)35(43)45-23-22-40-18-20-41(21-19-40)33(26-12-6-4-7-13-26)27-14-8-5-9-15-27/h4-17,32-33,36,39H,18-23H2,1-3H3. The molecule has 2 aliphatic rings. The van der Waals surface area contributed by atoms with Gasteiger partial charge in [0.2, 0.25) is 0 Å². The second-order valence-corrected chi connectivity index (χ2v) is 11.3. The molecule has 242 valence electrons. The number of rotatable bonds is 11. The van der Waals surface area contributed by atoms with Gasteiger partial charge in [-0.1, -0.05) is 78.9 Å². The number of benzene rings is 3. The average molecular weight is 632 g/mol. The molecule has 46 heavy (non-hydrogen) atoms. The number of esters is 2. The van der Waals surface area contributed by atoms with Crippen LogP contribution in [0.1, 0.15) is 42.5 Å². The Morgan fingerprint density at radius 2 is 1.35 bits per heavy atom. The zero-order valence-corrected chi connectivity index (χ0v) is 26.2. The van der Waals surface area contributed by atoms with Crippen LogP contribution in [-0.4, -0.2) is 74.8 Å². The Morgan fingerprint density at radius 1 is 0.804 bits per heavy atom. The highest BCUT2D eigenvalue weighted by Crippen LogP contribution is 2.43. The fraction of sp³-hybridized carbons (Fsp3) is 0.333. The van der Waals surface area contributed by atoms with Gasteiger partial charge in [-0.3, -0.25) is 9.80 Å². The van der Waals surface area contributed by atoms with Crippen LogP contribution in [0.5, 0.6) is 5.75 Å². The molecule has 1 atom stereocenters. The Morgan fingerprint density at radius 3 is 1.91 bits per heavy atom. The molecular weight excluding hydrogens is 592 g/mol. The monoisotopic (exact) mass is 631 g/mol. The van der Waals surface area contributed by atoms with Crippen LogP contribution in [0.2, 0.25) is 0 Å². The first-order chi connectivity index (χ1) is 22.3. The minimum absolute atomic E-state index is 0.118. The van der Waals surface area contributed by atoms with Gasteiger partial charge < -0.3 is 19.5 Å². The molecular formula is C36H39F2N3O5. The summed E-state index contributed by atoms with van der Waals surface area (Å²) in [5.74, 6) is -2.52. The Bertz CT molecular complexity index is 1530. The van der Waals surface area contributed by atoms with Crippen molar-refractivity contribution >= 4 is 11.9 Å². The number of ether oxygens (including phenoxy) is 3. The van der Waals surface area contributed by atoms with E-state index in [4.69, 9.17) is 14.2 Å². The van der Waals surface area contributed by atoms with Crippen LogP contribution in [0.3, 0.4) is 0 Å². The SMILES string of the molecule is COC(=O)C1=C(C)NC(C)=C(C(=O)OCCN2CCN(C(c3ccccc3)c3ccccc3)CC2)C1c1ccccc1OC(F)F. The van der Waals surface area contributed by atoms with Crippen LogP contribution < -0.4 is 10.1 Å². The number of piperazine rings is 1. The lowest BCUT2D eigenvalue weighted by atomic mass is 9.80. The molecule has 0 bridgehead atoms. The number of para-hydroxylation sites is 1. The third kappa shape index (κ3) is 7.46. The summed E-state index contributed by atoms with van der Waals surface area (Å²) in [6, 6.07) is 27.2. The van der Waals surface area contributed by atoms with Gasteiger partial charge in [0.15, 0.2) is 0 Å². The van der Waals surface area contributed by atoms with E-state index in [1.807, 2.05) is 12.1 Å². The molecule has 0 amide bonds. The molecule has 0 radical (unpaired) electrons. The molecule has 1 saturated heterocycles. The van der Waals surface area contributed by atoms with Crippen LogP contribution in [0.4, 0.5) is 8.78 Å². The first-order valence-corrected chi connectivity index (χ1v) is 15.3. The summed E-state index contributed by atoms with van der Waals surface area (Å²) in [4.78, 5) is 31.4. The van der Waals surface area contributed by atoms with Gasteiger partial charge in [-0.25, -0.2) is 9.59 Å². The van der Waals surface area contributed by atoms with Gasteiger partial charge in [0.05, 0.1) is 30.2 Å². The van der Waals surface area contributed by atoms with Gasteiger partial charge in [-0.15, -0.1) is 0 Å². The molecule has 0 aliphatic carbocycles. The lowest BCUT2D eigenvalue weighted by molar-refractivity contribution is -0.140. The Hall–Kier alpha value is -4.54. The molecule has 0 saturated carbocycles. The molecule has 5 rings (SSSR count). The summed E-state index contributed by atoms with van der Waals surface area (Å²) in [5.41, 5.74) is 3.87. The molecule has 10 heteroatoms. The maximum atomic E-state index is 13.7. The summed E-state index contributed by atoms with van der Waals surface area (Å²) in [6.07, 6.45) is 0. The van der Waals surface area contributed by atoms with E-state index >= 15 is 0 Å². The fourth-order valence-corrected chi connectivity index (χ4v) is 6.35. The summed E-state index contributed by atoms with van der Waals surface area (Å²) in [6.45, 7) is 4.18. The van der Waals surface area contributed by atoms with E-state index in [-0.39, 0.29) is 35.1 Å². The van der Waals surface area contributed by atoms with Crippen LogP contribution >= 0.6 is 0 Å². The highest BCUT2D eigenvalue weighted by molar-refractivity contribution is 6.00. The minimum Gasteiger partial charge on any atom is -0.466 e. The van der Waals surface area contributed by atoms with Gasteiger partial charge in [0, 0.05) is 49.7 Å². The molecule has 2 heterocycles. The van der Waals surface area contributed by atoms with Crippen molar-refractivity contribution in [2.24, 2.45) is 0 Å². The Balaban J connectivity index is 1.27. The van der Waals surface area contributed by atoms with Crippen molar-refractivity contribution in [2.75, 3.05) is 46.4 Å². The zero-order valence-electron chi connectivity index (χ0n) is 26.2. The van der Waals surface area contributed by atoms with Gasteiger partial charge in [-0.05, 0) is 31.0 Å². The van der Waals surface area contributed by atoms with E-state index in [0.717, 1.165) is 26.2 Å². The lowest BCUT2D eigenvalue weighted by Crippen LogP contribution is -2.48. The fourth-order valence-electron chi connectivity index (χ4n) is 6.35. The van der Waals surface area contributed by atoms with E-state index in [1.54, 1.807) is 32.0 Å². The molecule has 1 fully saturated rings. The predicted molar refractivity (Wildman–Crippen MR) is 170 cm³/mol. The van der Waals surface area contributed by atoms with E-state index in [1.165, 1.54) is 24.3 Å². The highest BCUT2D eigenvalue weighted by atomic mass is 19.3. The maximum Gasteiger partial charge on any atom is 0.387 e. The second-order valence-electron chi connectivity index (χ2n) is 11.3. The molecule has 3 aromatic rings. The van der Waals surface area contributed by atoms with Gasteiger partial charge >= 0.3 is 18.6 Å². The number of nitrogens with one attached hydrogen (secondary N) is 1. The average Bonchev–Trinajstić information content (AvgIpc) is 3.06. The summed E-state index contributed by atoms with van der Waals surface area (Å²) in [7, 11) is 1.23. The van der Waals surface area contributed by atoms with E-state index in [9.17, 15) is 18.4 Å². The van der Waals surface area contributed by atoms with Crippen LogP contribution in [-0.2, 0) is 19.1 Å². The zero-order chi connectivity index (χ0) is 32.6. The molecule has 3 aromatic carbocycles. The van der Waals surface area contributed by atoms with Crippen molar-refractivity contribution in [3.05, 3.63) is 124 Å². The number of hydrogen-bond donors (Lipinski definition) is 1. The van der Waals surface area contributed by atoms with Crippen molar-refractivity contribution in [3.8, 4) is 5.75 Å². The third-order valence-electron chi connectivity index (χ3n) is 8.47. The van der Waals surface area contributed by atoms with Crippen molar-refractivity contribution in [3.63, 3.8) is 0 Å². The van der Waals surface area contributed by atoms with Crippen LogP contribution in [0.25, 0.3) is 0 Å². The predicted octanol–water partition coefficient (Wildman–Crippen LogP) is 5.65. The van der Waals surface area contributed by atoms with Gasteiger partial charge in [0.1, 0.15) is 12.4 Å². The maximum absolute atomic E-state index is 13.7. The van der Waals surface area contributed by atoms with Crippen molar-refractivity contribution in [1.29, 1.82) is 0 Å². The topological polar surface area (TPSA) is 80.3 Å². The van der Waals surface area contributed by atoms with E-state index in [0.29, 0.717) is 17.9 Å². The number of nitrogens with zero attached hydrogens (tertiary/aromatic N) is 2. The first kappa shape index (κ1) is 32.8. The van der Waals surface area contributed by atoms with Crippen LogP contribution in [0.15, 0.2) is 107 Å². The summed E-state index contributed by atoms with van der Waals surface area (Å²) >= 11 is 0. The molecule has 0 aromatic heterocycles. The number of carbonyl (C=O) groups is 2. The largest absolute Gasteiger partial charge is 0.466 e. The second kappa shape index (κ2) is 15.2. The number of alkyl halides is 2. The number of hydrogen-bond acceptors (Lipinski definition) is 8. The van der Waals surface area contributed by atoms with E-state index < -0.39 is 24.5 Å². The number of carbonyl (C=O) groups excluding carboxylic acids is 2. The molecule has 0 spiro atoms. The third-order valence-corrected chi connectivity index (χ3v) is 8.47. The van der Waals surface area contributed by atoms with E-state index in [2.05, 4.69) is 63.6 Å². The Kier molecular flexibility index (Phi) is 10.8. The summed E-state index contributed by atoms with van der Waals surface area (Å²) in [5, 5.41) is 3.07. The number of halogens is 2. The summed E-state index contributed by atoms with van der Waals surface area (Å²) < 4.78 is 42.3. The number of methoxy groups -OCH3 is 1. The first-order valence-electron chi connectivity index (χ1n) is 15.3. The van der Waals surface area contributed by atoms with Crippen molar-refractivity contribution in [1.82, 2.24) is 15.1 Å². The normalized spacial score (nSPS) is 17.7. The van der Waals surface area contributed by atoms with Crippen molar-refractivity contribution < 1.29 is 32.6 Å². The lowest BCUT2D eigenvalue weighted by Gasteiger charge is -2.39. The van der Waals surface area contributed by atoms with Gasteiger partial charge in [-0.2, -0.15) is 8.78 Å². The number of allylic oxidation sites excluding steroid dienone is 2. The molecule has 1 unspecified atom stereocenters. The van der Waals surface area contributed by atoms with Gasteiger partial charge in [0.25, 0.3) is 0 Å². The quantitative estimate of drug-likeness (QED) is 0.272. The van der Waals surface area contributed by atoms with Crippen molar-refractivity contribution in [2.45, 2.75) is 32.4 Å². The Labute approximate surface area is 268 Å². The molecule has 1 N–H and O–H groups in total. The smallest absolute Gasteiger partial charge is 0.387 e. The highest BCUT2D eigenvalue weighted by Gasteiger charge is 2.39. The molecule has 2 aliphatic heterocycles.